The molecule has 0 amide bonds. The van der Waals surface area contributed by atoms with E-state index in [9.17, 15) is 9.18 Å². The number of aromatic nitrogens is 3. The van der Waals surface area contributed by atoms with Gasteiger partial charge in [0.2, 0.25) is 5.82 Å². The highest BCUT2D eigenvalue weighted by molar-refractivity contribution is 5.53. The van der Waals surface area contributed by atoms with Crippen LogP contribution in [0.3, 0.4) is 0 Å². The molecule has 0 unspecified atom stereocenters. The molecule has 1 fully saturated rings. The zero-order chi connectivity index (χ0) is 26.0. The van der Waals surface area contributed by atoms with Crippen molar-refractivity contribution in [1.29, 1.82) is 0 Å². The lowest BCUT2D eigenvalue weighted by molar-refractivity contribution is 0.159. The van der Waals surface area contributed by atoms with Crippen LogP contribution < -0.4 is 24.7 Å². The molecule has 9 heteroatoms. The van der Waals surface area contributed by atoms with Crippen molar-refractivity contribution in [3.05, 3.63) is 51.7 Å². The van der Waals surface area contributed by atoms with Crippen LogP contribution in [0.15, 0.2) is 29.1 Å². The summed E-state index contributed by atoms with van der Waals surface area (Å²) in [5.74, 6) is -0.192. The second-order valence-electron chi connectivity index (χ2n) is 7.38. The van der Waals surface area contributed by atoms with Gasteiger partial charge in [-0.25, -0.2) is 4.98 Å². The molecular formula is C22H23FN4O4. The molecule has 4 heterocycles. The van der Waals surface area contributed by atoms with Gasteiger partial charge in [0, 0.05) is 32.0 Å². The van der Waals surface area contributed by atoms with E-state index in [1.807, 2.05) is 11.8 Å². The molecule has 8 nitrogen and oxygen atoms in total. The summed E-state index contributed by atoms with van der Waals surface area (Å²) in [5, 5.41) is 4.33. The second kappa shape index (κ2) is 7.72. The Hall–Kier alpha value is -3.36. The average Bonchev–Trinajstić information content (AvgIpc) is 2.79. The molecule has 0 aliphatic carbocycles. The van der Waals surface area contributed by atoms with Gasteiger partial charge in [0.25, 0.3) is 0 Å². The molecule has 5 rings (SSSR count). The van der Waals surface area contributed by atoms with Gasteiger partial charge in [0.1, 0.15) is 24.9 Å². The average molecular weight is 431 g/mol. The first-order valence-corrected chi connectivity index (χ1v) is 9.81. The molecule has 162 valence electrons. The minimum atomic E-state index is -2.70. The number of anilines is 1. The van der Waals surface area contributed by atoms with Crippen LogP contribution in [0.25, 0.3) is 5.65 Å². The Kier molecular flexibility index (Phi) is 3.64. The molecule has 3 aromatic rings. The Morgan fingerprint density at radius 1 is 1.19 bits per heavy atom. The van der Waals surface area contributed by atoms with E-state index in [0.717, 1.165) is 10.1 Å². The molecule has 0 saturated carbocycles. The van der Waals surface area contributed by atoms with E-state index in [4.69, 9.17) is 21.1 Å². The first-order chi connectivity index (χ1) is 16.8. The van der Waals surface area contributed by atoms with Gasteiger partial charge in [-0.15, -0.1) is 5.10 Å². The molecule has 0 bridgehead atoms. The summed E-state index contributed by atoms with van der Waals surface area (Å²) >= 11 is 0. The van der Waals surface area contributed by atoms with Crippen molar-refractivity contribution in [2.24, 2.45) is 0 Å². The number of rotatable bonds is 3. The summed E-state index contributed by atoms with van der Waals surface area (Å²) < 4.78 is 70.8. The fraction of sp³-hybridized carbons (Fsp3) is 0.409. The predicted octanol–water partition coefficient (Wildman–Crippen LogP) is 2.66. The third-order valence-corrected chi connectivity index (χ3v) is 5.25. The van der Waals surface area contributed by atoms with E-state index >= 15 is 0 Å². The molecule has 31 heavy (non-hydrogen) atoms. The number of piperidine rings is 1. The van der Waals surface area contributed by atoms with E-state index in [1.54, 1.807) is 6.07 Å². The van der Waals surface area contributed by atoms with Gasteiger partial charge in [-0.1, -0.05) is 0 Å². The van der Waals surface area contributed by atoms with Crippen molar-refractivity contribution in [2.45, 2.75) is 32.8 Å². The Balaban J connectivity index is 1.33. The minimum absolute atomic E-state index is 0.0112. The summed E-state index contributed by atoms with van der Waals surface area (Å²) in [6, 6.07) is 5.96. The number of hydrogen-bond acceptors (Lipinski definition) is 7. The Labute approximate surface area is 185 Å². The Morgan fingerprint density at radius 2 is 1.94 bits per heavy atom. The molecule has 2 aromatic heterocycles. The summed E-state index contributed by atoms with van der Waals surface area (Å²) in [6.45, 7) is -1.35. The standard InChI is InChI=1S/C22H23FN4O4/c1-13-11-19-24-14(2)20(23)22(28)27(19)25-21(13)26-7-5-15(6-8-26)31-16-3-4-17-18(12-16)30-10-9-29-17/h3-4,11-12,15H,5-10H2,1-2H3/i9D2,10D2,15D. The summed E-state index contributed by atoms with van der Waals surface area (Å²) in [6.07, 6.45) is -0.751. The third kappa shape index (κ3) is 3.64. The van der Waals surface area contributed by atoms with Crippen LogP contribution in [0.1, 0.15) is 31.0 Å². The topological polar surface area (TPSA) is 78.2 Å². The quantitative estimate of drug-likeness (QED) is 0.631. The highest BCUT2D eigenvalue weighted by Crippen LogP contribution is 2.34. The molecular weight excluding hydrogens is 403 g/mol. The van der Waals surface area contributed by atoms with Crippen LogP contribution in [0.2, 0.25) is 0 Å². The molecule has 0 N–H and O–H groups in total. The van der Waals surface area contributed by atoms with Gasteiger partial charge in [0.15, 0.2) is 23.0 Å². The highest BCUT2D eigenvalue weighted by atomic mass is 19.1. The number of ether oxygens (including phenoxy) is 3. The summed E-state index contributed by atoms with van der Waals surface area (Å²) in [7, 11) is 0. The SMILES string of the molecule is [2H]C1(Oc2ccc3c(c2)OC([2H])([2H])C([2H])([2H])O3)CCN(c2nn3c(=O)c(F)c(C)nc3cc2C)CC1. The lowest BCUT2D eigenvalue weighted by Gasteiger charge is -2.33. The normalized spacial score (nSPS) is 23.2. The fourth-order valence-electron chi connectivity index (χ4n) is 3.66. The van der Waals surface area contributed by atoms with Crippen molar-refractivity contribution < 1.29 is 25.5 Å². The number of nitrogens with zero attached hydrogens (tertiary/aromatic N) is 4. The zero-order valence-corrected chi connectivity index (χ0v) is 16.9. The van der Waals surface area contributed by atoms with Crippen LogP contribution in [-0.4, -0.2) is 46.9 Å². The van der Waals surface area contributed by atoms with Crippen molar-refractivity contribution >= 4 is 11.5 Å². The maximum Gasteiger partial charge on any atom is 0.310 e. The number of aryl methyl sites for hydroxylation is 2. The first kappa shape index (κ1) is 14.6. The van der Waals surface area contributed by atoms with Crippen LogP contribution >= 0.6 is 0 Å². The molecule has 0 radical (unpaired) electrons. The van der Waals surface area contributed by atoms with Crippen molar-refractivity contribution in [3.8, 4) is 17.2 Å². The van der Waals surface area contributed by atoms with E-state index in [1.165, 1.54) is 25.1 Å². The Bertz CT molecular complexity index is 1430. The van der Waals surface area contributed by atoms with E-state index < -0.39 is 30.6 Å². The Morgan fingerprint density at radius 3 is 2.71 bits per heavy atom. The monoisotopic (exact) mass is 431 g/mol. The molecule has 0 atom stereocenters. The maximum atomic E-state index is 14.1. The van der Waals surface area contributed by atoms with Crippen LogP contribution in [0.4, 0.5) is 10.2 Å². The number of halogens is 1. The second-order valence-corrected chi connectivity index (χ2v) is 7.38. The van der Waals surface area contributed by atoms with Gasteiger partial charge in [-0.3, -0.25) is 4.79 Å². The van der Waals surface area contributed by atoms with Crippen molar-refractivity contribution in [2.75, 3.05) is 31.1 Å². The number of hydrogen-bond donors (Lipinski definition) is 0. The third-order valence-electron chi connectivity index (χ3n) is 5.25. The van der Waals surface area contributed by atoms with Crippen LogP contribution in [-0.2, 0) is 0 Å². The van der Waals surface area contributed by atoms with Crippen molar-refractivity contribution in [3.63, 3.8) is 0 Å². The van der Waals surface area contributed by atoms with E-state index in [2.05, 4.69) is 10.1 Å². The molecule has 0 spiro atoms. The fourth-order valence-corrected chi connectivity index (χ4v) is 3.66. The van der Waals surface area contributed by atoms with E-state index in [0.29, 0.717) is 18.9 Å². The van der Waals surface area contributed by atoms with Crippen LogP contribution in [0, 0.1) is 19.7 Å². The van der Waals surface area contributed by atoms with E-state index in [-0.39, 0.29) is 41.4 Å². The lowest BCUT2D eigenvalue weighted by Crippen LogP contribution is -2.39. The zero-order valence-electron chi connectivity index (χ0n) is 21.9. The minimum Gasteiger partial charge on any atom is -0.490 e. The van der Waals surface area contributed by atoms with Crippen LogP contribution in [0.5, 0.6) is 17.2 Å². The largest absolute Gasteiger partial charge is 0.490 e. The summed E-state index contributed by atoms with van der Waals surface area (Å²) in [5.41, 5.74) is 0.153. The summed E-state index contributed by atoms with van der Waals surface area (Å²) in [4.78, 5) is 18.3. The lowest BCUT2D eigenvalue weighted by atomic mass is 10.1. The highest BCUT2D eigenvalue weighted by Gasteiger charge is 2.24. The van der Waals surface area contributed by atoms with Gasteiger partial charge >= 0.3 is 5.56 Å². The molecule has 1 aromatic carbocycles. The van der Waals surface area contributed by atoms with Gasteiger partial charge in [0.05, 0.1) is 12.5 Å². The number of benzene rings is 1. The molecule has 2 aliphatic rings. The maximum absolute atomic E-state index is 14.1. The molecule has 1 saturated heterocycles. The van der Waals surface area contributed by atoms with Gasteiger partial charge < -0.3 is 19.1 Å². The number of fused-ring (bicyclic) bond motifs is 2. The predicted molar refractivity (Wildman–Crippen MR) is 112 cm³/mol. The smallest absolute Gasteiger partial charge is 0.310 e. The molecule has 2 aliphatic heterocycles. The van der Waals surface area contributed by atoms with Crippen molar-refractivity contribution in [1.82, 2.24) is 14.6 Å². The van der Waals surface area contributed by atoms with Gasteiger partial charge in [-0.05, 0) is 37.6 Å². The first-order valence-electron chi connectivity index (χ1n) is 12.3. The van der Waals surface area contributed by atoms with Gasteiger partial charge in [-0.2, -0.15) is 8.91 Å².